The second-order valence-electron chi connectivity index (χ2n) is 20.2. The average Bonchev–Trinajstić information content (AvgIpc) is 3.62. The molecule has 3 aliphatic carbocycles. The van der Waals surface area contributed by atoms with E-state index in [-0.39, 0.29) is 16.4 Å². The standard InChI is InChI=1S/C60H58N2/c1-38-33-51-50-30-27-47(62-57-16-12-10-14-43(57)31-32-58(62,3)4)37-55(50)60(7,8)54(51)35-44(38)21-18-40-19-28-48-49-29-24-45(36-53(49)59(5,6)52(48)34-40)41-22-25-46(26-23-41)61-39(2)17-20-42-13-9-11-15-56(42)61/h9-16,18-19,21-23,25-28,30-37,39H,17,20,24,29H2,1-8H3/b21-18+. The zero-order valence-corrected chi connectivity index (χ0v) is 37.7. The van der Waals surface area contributed by atoms with Gasteiger partial charge in [0.15, 0.2) is 0 Å². The van der Waals surface area contributed by atoms with Crippen molar-refractivity contribution in [3.05, 3.63) is 195 Å². The van der Waals surface area contributed by atoms with Crippen LogP contribution in [0.3, 0.4) is 0 Å². The zero-order chi connectivity index (χ0) is 42.7. The van der Waals surface area contributed by atoms with E-state index in [1.54, 1.807) is 0 Å². The van der Waals surface area contributed by atoms with Crippen molar-refractivity contribution in [1.29, 1.82) is 0 Å². The molecular weight excluding hydrogens is 749 g/mol. The number of benzene rings is 6. The Kier molecular flexibility index (Phi) is 8.72. The second-order valence-corrected chi connectivity index (χ2v) is 20.2. The molecule has 0 aromatic heterocycles. The summed E-state index contributed by atoms with van der Waals surface area (Å²) in [7, 11) is 0. The number of aryl methyl sites for hydroxylation is 2. The molecule has 0 fully saturated rings. The molecule has 0 amide bonds. The van der Waals surface area contributed by atoms with E-state index in [9.17, 15) is 0 Å². The van der Waals surface area contributed by atoms with Crippen LogP contribution in [0.4, 0.5) is 22.7 Å². The molecule has 0 N–H and O–H groups in total. The first kappa shape index (κ1) is 38.8. The molecule has 1 unspecified atom stereocenters. The molecule has 6 aromatic rings. The van der Waals surface area contributed by atoms with Crippen LogP contribution in [0.5, 0.6) is 0 Å². The topological polar surface area (TPSA) is 6.48 Å². The van der Waals surface area contributed by atoms with Gasteiger partial charge in [-0.15, -0.1) is 0 Å². The van der Waals surface area contributed by atoms with Crippen molar-refractivity contribution < 1.29 is 0 Å². The summed E-state index contributed by atoms with van der Waals surface area (Å²) in [6.07, 6.45) is 16.3. The Morgan fingerprint density at radius 3 is 2.15 bits per heavy atom. The van der Waals surface area contributed by atoms with Crippen LogP contribution < -0.4 is 9.80 Å². The van der Waals surface area contributed by atoms with Crippen LogP contribution in [0.25, 0.3) is 40.5 Å². The van der Waals surface area contributed by atoms with Gasteiger partial charge in [-0.3, -0.25) is 0 Å². The lowest BCUT2D eigenvalue weighted by Gasteiger charge is -2.42. The molecule has 6 aromatic carbocycles. The molecule has 2 heterocycles. The van der Waals surface area contributed by atoms with E-state index in [2.05, 4.69) is 217 Å². The van der Waals surface area contributed by atoms with Crippen LogP contribution in [0, 0.1) is 6.92 Å². The van der Waals surface area contributed by atoms with Gasteiger partial charge in [0.1, 0.15) is 0 Å². The van der Waals surface area contributed by atoms with Crippen LogP contribution in [0.15, 0.2) is 139 Å². The van der Waals surface area contributed by atoms with Gasteiger partial charge in [0.25, 0.3) is 0 Å². The molecule has 0 saturated carbocycles. The maximum absolute atomic E-state index is 2.54. The maximum Gasteiger partial charge on any atom is 0.0580 e. The minimum atomic E-state index is -0.137. The molecule has 62 heavy (non-hydrogen) atoms. The summed E-state index contributed by atoms with van der Waals surface area (Å²) in [6, 6.07) is 46.8. The van der Waals surface area contributed by atoms with E-state index < -0.39 is 0 Å². The number of rotatable bonds is 5. The fourth-order valence-electron chi connectivity index (χ4n) is 11.7. The lowest BCUT2D eigenvalue weighted by Crippen LogP contribution is -2.40. The van der Waals surface area contributed by atoms with Crippen molar-refractivity contribution in [1.82, 2.24) is 0 Å². The minimum absolute atomic E-state index is 0.0625. The average molecular weight is 807 g/mol. The molecule has 308 valence electrons. The van der Waals surface area contributed by atoms with E-state index >= 15 is 0 Å². The van der Waals surface area contributed by atoms with E-state index in [4.69, 9.17) is 0 Å². The van der Waals surface area contributed by atoms with Crippen LogP contribution >= 0.6 is 0 Å². The Morgan fingerprint density at radius 1 is 0.613 bits per heavy atom. The highest BCUT2D eigenvalue weighted by Gasteiger charge is 2.40. The molecule has 0 bridgehead atoms. The number of anilines is 4. The maximum atomic E-state index is 2.54. The largest absolute Gasteiger partial charge is 0.338 e. The molecule has 0 spiro atoms. The van der Waals surface area contributed by atoms with Crippen molar-refractivity contribution in [2.75, 3.05) is 9.80 Å². The molecule has 0 saturated heterocycles. The van der Waals surface area contributed by atoms with Crippen LogP contribution in [-0.2, 0) is 17.3 Å². The van der Waals surface area contributed by atoms with Crippen molar-refractivity contribution in [2.24, 2.45) is 0 Å². The Bertz CT molecular complexity index is 2960. The predicted molar refractivity (Wildman–Crippen MR) is 266 cm³/mol. The summed E-state index contributed by atoms with van der Waals surface area (Å²) < 4.78 is 0. The van der Waals surface area contributed by atoms with E-state index in [0.29, 0.717) is 6.04 Å². The first-order valence-corrected chi connectivity index (χ1v) is 22.9. The third-order valence-corrected chi connectivity index (χ3v) is 15.2. The van der Waals surface area contributed by atoms with Gasteiger partial charge >= 0.3 is 0 Å². The third kappa shape index (κ3) is 5.97. The van der Waals surface area contributed by atoms with E-state index in [1.807, 2.05) is 0 Å². The first-order chi connectivity index (χ1) is 29.8. The first-order valence-electron chi connectivity index (χ1n) is 22.9. The van der Waals surface area contributed by atoms with E-state index in [1.165, 1.54) is 113 Å². The van der Waals surface area contributed by atoms with Gasteiger partial charge in [0.2, 0.25) is 0 Å². The highest BCUT2D eigenvalue weighted by Crippen LogP contribution is 2.54. The number of allylic oxidation sites excluding steroid dienone is 4. The van der Waals surface area contributed by atoms with Crippen LogP contribution in [0.1, 0.15) is 123 Å². The van der Waals surface area contributed by atoms with Gasteiger partial charge in [-0.05, 0) is 179 Å². The molecule has 11 rings (SSSR count). The molecule has 5 aliphatic rings. The van der Waals surface area contributed by atoms with Crippen molar-refractivity contribution >= 4 is 52.1 Å². The second kappa shape index (κ2) is 13.9. The van der Waals surface area contributed by atoms with Gasteiger partial charge in [0, 0.05) is 39.6 Å². The Labute approximate surface area is 369 Å². The van der Waals surface area contributed by atoms with Gasteiger partial charge in [-0.1, -0.05) is 137 Å². The molecule has 2 nitrogen and oxygen atoms in total. The number of para-hydroxylation sites is 2. The predicted octanol–water partition coefficient (Wildman–Crippen LogP) is 15.8. The van der Waals surface area contributed by atoms with Crippen molar-refractivity contribution in [3.63, 3.8) is 0 Å². The fourth-order valence-corrected chi connectivity index (χ4v) is 11.7. The summed E-state index contributed by atoms with van der Waals surface area (Å²) in [6.45, 7) is 18.9. The number of hydrogen-bond acceptors (Lipinski definition) is 2. The molecule has 0 radical (unpaired) electrons. The monoisotopic (exact) mass is 806 g/mol. The summed E-state index contributed by atoms with van der Waals surface area (Å²) in [5, 5.41) is 0. The fraction of sp³-hybridized carbons (Fsp3) is 0.267. The SMILES string of the molecule is Cc1cc2c(cc1/C=C/c1ccc3c(c1)C(C)(C)C1=C3CCC(c3ccc(N4c5ccccc5CCC4C)cc3)=C1)C(C)(C)c1cc(N3c4ccccc4C=CC3(C)C)ccc1-2. The number of fused-ring (bicyclic) bond motifs is 7. The van der Waals surface area contributed by atoms with Gasteiger partial charge < -0.3 is 9.80 Å². The zero-order valence-electron chi connectivity index (χ0n) is 37.7. The lowest BCUT2D eigenvalue weighted by molar-refractivity contribution is 0.618. The molecular formula is C60H58N2. The summed E-state index contributed by atoms with van der Waals surface area (Å²) >= 11 is 0. The highest BCUT2D eigenvalue weighted by molar-refractivity contribution is 5.91. The quantitative estimate of drug-likeness (QED) is 0.160. The Morgan fingerprint density at radius 2 is 1.32 bits per heavy atom. The molecule has 2 aliphatic heterocycles. The van der Waals surface area contributed by atoms with Gasteiger partial charge in [-0.25, -0.2) is 0 Å². The Hall–Kier alpha value is -6.12. The van der Waals surface area contributed by atoms with Crippen molar-refractivity contribution in [3.8, 4) is 11.1 Å². The molecule has 1 atom stereocenters. The lowest BCUT2D eigenvalue weighted by atomic mass is 9.78. The Balaban J connectivity index is 0.849. The van der Waals surface area contributed by atoms with Crippen LogP contribution in [0.2, 0.25) is 0 Å². The van der Waals surface area contributed by atoms with Gasteiger partial charge in [-0.2, -0.15) is 0 Å². The third-order valence-electron chi connectivity index (χ3n) is 15.2. The molecule has 2 heteroatoms. The smallest absolute Gasteiger partial charge is 0.0580 e. The van der Waals surface area contributed by atoms with Crippen molar-refractivity contribution in [2.45, 2.75) is 103 Å². The number of hydrogen-bond donors (Lipinski definition) is 0. The minimum Gasteiger partial charge on any atom is -0.338 e. The summed E-state index contributed by atoms with van der Waals surface area (Å²) in [5.74, 6) is 0. The summed E-state index contributed by atoms with van der Waals surface area (Å²) in [5.41, 5.74) is 25.6. The van der Waals surface area contributed by atoms with Gasteiger partial charge in [0.05, 0.1) is 5.54 Å². The highest BCUT2D eigenvalue weighted by atomic mass is 15.2. The van der Waals surface area contributed by atoms with Crippen LogP contribution in [-0.4, -0.2) is 11.6 Å². The normalized spacial score (nSPS) is 19.7. The summed E-state index contributed by atoms with van der Waals surface area (Å²) in [4.78, 5) is 5.05. The number of nitrogens with zero attached hydrogens (tertiary/aromatic N) is 2. The van der Waals surface area contributed by atoms with E-state index in [0.717, 1.165) is 19.3 Å².